The van der Waals surface area contributed by atoms with Gasteiger partial charge in [-0.25, -0.2) is 4.98 Å². The maximum Gasteiger partial charge on any atom is 0.144 e. The summed E-state index contributed by atoms with van der Waals surface area (Å²) in [5.74, 6) is 0.698. The van der Waals surface area contributed by atoms with E-state index in [1.165, 1.54) is 0 Å². The Morgan fingerprint density at radius 1 is 1.64 bits per heavy atom. The lowest BCUT2D eigenvalue weighted by Gasteiger charge is -2.12. The summed E-state index contributed by atoms with van der Waals surface area (Å²) in [5, 5.41) is 15.4. The molecule has 2 rings (SSSR count). The van der Waals surface area contributed by atoms with Crippen molar-refractivity contribution in [3.63, 3.8) is 0 Å². The molecule has 4 heteroatoms. The molecule has 0 amide bonds. The molecule has 0 saturated carbocycles. The van der Waals surface area contributed by atoms with Gasteiger partial charge in [0.2, 0.25) is 0 Å². The molecule has 0 aliphatic carbocycles. The lowest BCUT2D eigenvalue weighted by Crippen LogP contribution is -2.23. The number of nitriles is 1. The van der Waals surface area contributed by atoms with E-state index in [-0.39, 0.29) is 0 Å². The van der Waals surface area contributed by atoms with E-state index in [1.807, 2.05) is 0 Å². The zero-order valence-corrected chi connectivity index (χ0v) is 7.83. The maximum absolute atomic E-state index is 8.85. The molecule has 14 heavy (non-hydrogen) atoms. The Labute approximate surface area is 83.0 Å². The van der Waals surface area contributed by atoms with Crippen molar-refractivity contribution in [2.24, 2.45) is 0 Å². The molecule has 1 aromatic heterocycles. The van der Waals surface area contributed by atoms with Gasteiger partial charge in [-0.05, 0) is 25.1 Å². The van der Waals surface area contributed by atoms with Gasteiger partial charge in [-0.3, -0.25) is 0 Å². The fourth-order valence-electron chi connectivity index (χ4n) is 1.58. The van der Waals surface area contributed by atoms with Crippen LogP contribution in [0.1, 0.15) is 12.0 Å². The van der Waals surface area contributed by atoms with E-state index in [0.29, 0.717) is 17.4 Å². The summed E-state index contributed by atoms with van der Waals surface area (Å²) in [6.45, 7) is 1.98. The summed E-state index contributed by atoms with van der Waals surface area (Å²) in [5.41, 5.74) is 0.611. The van der Waals surface area contributed by atoms with E-state index in [2.05, 4.69) is 21.7 Å². The van der Waals surface area contributed by atoms with Crippen molar-refractivity contribution >= 4 is 5.82 Å². The van der Waals surface area contributed by atoms with E-state index in [0.717, 1.165) is 19.5 Å². The quantitative estimate of drug-likeness (QED) is 0.718. The largest absolute Gasteiger partial charge is 0.365 e. The summed E-state index contributed by atoms with van der Waals surface area (Å²) >= 11 is 0. The molecule has 1 unspecified atom stereocenters. The van der Waals surface area contributed by atoms with E-state index in [4.69, 9.17) is 5.26 Å². The number of nitrogens with one attached hydrogen (secondary N) is 2. The molecule has 1 aliphatic heterocycles. The minimum atomic E-state index is 0.400. The van der Waals surface area contributed by atoms with Gasteiger partial charge in [0, 0.05) is 18.8 Å². The molecule has 1 atom stereocenters. The monoisotopic (exact) mass is 188 g/mol. The van der Waals surface area contributed by atoms with Crippen molar-refractivity contribution in [1.82, 2.24) is 10.3 Å². The molecular weight excluding hydrogens is 176 g/mol. The first-order chi connectivity index (χ1) is 6.90. The van der Waals surface area contributed by atoms with Crippen molar-refractivity contribution in [3.8, 4) is 6.07 Å². The van der Waals surface area contributed by atoms with Crippen LogP contribution in [0.4, 0.5) is 5.82 Å². The first-order valence-electron chi connectivity index (χ1n) is 4.72. The minimum absolute atomic E-state index is 0.400. The molecule has 4 nitrogen and oxygen atoms in total. The van der Waals surface area contributed by atoms with Crippen LogP contribution in [0.5, 0.6) is 0 Å². The zero-order valence-electron chi connectivity index (χ0n) is 7.83. The first kappa shape index (κ1) is 8.97. The van der Waals surface area contributed by atoms with Gasteiger partial charge in [-0.2, -0.15) is 5.26 Å². The number of anilines is 1. The second-order valence-electron chi connectivity index (χ2n) is 3.35. The average molecular weight is 188 g/mol. The van der Waals surface area contributed by atoms with Crippen molar-refractivity contribution in [1.29, 1.82) is 5.26 Å². The molecule has 0 bridgehead atoms. The topological polar surface area (TPSA) is 60.7 Å². The molecule has 72 valence electrons. The molecule has 0 aromatic carbocycles. The SMILES string of the molecule is N#Cc1cccnc1NC1CCNC1. The molecule has 2 N–H and O–H groups in total. The summed E-state index contributed by atoms with van der Waals surface area (Å²) in [4.78, 5) is 4.15. The maximum atomic E-state index is 8.85. The third-order valence-electron chi connectivity index (χ3n) is 2.33. The van der Waals surface area contributed by atoms with Gasteiger partial charge in [0.1, 0.15) is 11.9 Å². The summed E-state index contributed by atoms with van der Waals surface area (Å²) in [6.07, 6.45) is 2.78. The summed E-state index contributed by atoms with van der Waals surface area (Å²) < 4.78 is 0. The molecule has 1 aliphatic rings. The number of pyridine rings is 1. The lowest BCUT2D eigenvalue weighted by molar-refractivity contribution is 0.787. The van der Waals surface area contributed by atoms with Crippen LogP contribution in [0.2, 0.25) is 0 Å². The van der Waals surface area contributed by atoms with Gasteiger partial charge in [0.05, 0.1) is 5.56 Å². The molecule has 0 spiro atoms. The van der Waals surface area contributed by atoms with Crippen molar-refractivity contribution in [3.05, 3.63) is 23.9 Å². The van der Waals surface area contributed by atoms with Gasteiger partial charge >= 0.3 is 0 Å². The Balaban J connectivity index is 2.11. The molecule has 1 saturated heterocycles. The van der Waals surface area contributed by atoms with Crippen LogP contribution in [0.25, 0.3) is 0 Å². The van der Waals surface area contributed by atoms with Gasteiger partial charge < -0.3 is 10.6 Å². The summed E-state index contributed by atoms with van der Waals surface area (Å²) in [6, 6.07) is 6.07. The lowest BCUT2D eigenvalue weighted by atomic mass is 10.2. The van der Waals surface area contributed by atoms with Gasteiger partial charge in [0.25, 0.3) is 0 Å². The summed E-state index contributed by atoms with van der Waals surface area (Å²) in [7, 11) is 0. The fourth-order valence-corrected chi connectivity index (χ4v) is 1.58. The Morgan fingerprint density at radius 3 is 3.29 bits per heavy atom. The Kier molecular flexibility index (Phi) is 2.61. The second-order valence-corrected chi connectivity index (χ2v) is 3.35. The minimum Gasteiger partial charge on any atom is -0.365 e. The van der Waals surface area contributed by atoms with Crippen LogP contribution in [-0.4, -0.2) is 24.1 Å². The normalized spacial score (nSPS) is 20.4. The Morgan fingerprint density at radius 2 is 2.57 bits per heavy atom. The van der Waals surface area contributed by atoms with Gasteiger partial charge in [0.15, 0.2) is 0 Å². The number of nitrogens with zero attached hydrogens (tertiary/aromatic N) is 2. The smallest absolute Gasteiger partial charge is 0.144 e. The van der Waals surface area contributed by atoms with Crippen LogP contribution in [-0.2, 0) is 0 Å². The highest BCUT2D eigenvalue weighted by atomic mass is 15.1. The van der Waals surface area contributed by atoms with E-state index in [1.54, 1.807) is 18.3 Å². The fraction of sp³-hybridized carbons (Fsp3) is 0.400. The molecule has 0 radical (unpaired) electrons. The Hall–Kier alpha value is -1.60. The van der Waals surface area contributed by atoms with E-state index in [9.17, 15) is 0 Å². The standard InChI is InChI=1S/C10H12N4/c11-6-8-2-1-4-13-10(8)14-9-3-5-12-7-9/h1-2,4,9,12H,3,5,7H2,(H,13,14). The number of aromatic nitrogens is 1. The van der Waals surface area contributed by atoms with Gasteiger partial charge in [-0.1, -0.05) is 0 Å². The zero-order chi connectivity index (χ0) is 9.80. The third kappa shape index (κ3) is 1.83. The average Bonchev–Trinajstić information content (AvgIpc) is 2.71. The van der Waals surface area contributed by atoms with Crippen molar-refractivity contribution in [2.45, 2.75) is 12.5 Å². The predicted molar refractivity (Wildman–Crippen MR) is 53.8 cm³/mol. The van der Waals surface area contributed by atoms with Crippen LogP contribution in [0.15, 0.2) is 18.3 Å². The molecule has 2 heterocycles. The number of hydrogen-bond donors (Lipinski definition) is 2. The highest BCUT2D eigenvalue weighted by Gasteiger charge is 2.15. The third-order valence-corrected chi connectivity index (χ3v) is 2.33. The number of hydrogen-bond acceptors (Lipinski definition) is 4. The highest BCUT2D eigenvalue weighted by molar-refractivity contribution is 5.51. The first-order valence-corrected chi connectivity index (χ1v) is 4.72. The number of rotatable bonds is 2. The van der Waals surface area contributed by atoms with Crippen LogP contribution < -0.4 is 10.6 Å². The molecule has 1 fully saturated rings. The second kappa shape index (κ2) is 4.07. The van der Waals surface area contributed by atoms with E-state index >= 15 is 0 Å². The Bertz CT molecular complexity index is 349. The van der Waals surface area contributed by atoms with Crippen molar-refractivity contribution in [2.75, 3.05) is 18.4 Å². The highest BCUT2D eigenvalue weighted by Crippen LogP contribution is 2.13. The van der Waals surface area contributed by atoms with Crippen LogP contribution in [0.3, 0.4) is 0 Å². The van der Waals surface area contributed by atoms with Gasteiger partial charge in [-0.15, -0.1) is 0 Å². The van der Waals surface area contributed by atoms with Crippen molar-refractivity contribution < 1.29 is 0 Å². The van der Waals surface area contributed by atoms with E-state index < -0.39 is 0 Å². The predicted octanol–water partition coefficient (Wildman–Crippen LogP) is 0.727. The van der Waals surface area contributed by atoms with Crippen LogP contribution in [0, 0.1) is 11.3 Å². The molecule has 1 aromatic rings. The van der Waals surface area contributed by atoms with Crippen LogP contribution >= 0.6 is 0 Å². The molecular formula is C10H12N4.